The van der Waals surface area contributed by atoms with Crippen molar-refractivity contribution in [3.63, 3.8) is 0 Å². The molecule has 0 radical (unpaired) electrons. The van der Waals surface area contributed by atoms with E-state index >= 15 is 0 Å². The summed E-state index contributed by atoms with van der Waals surface area (Å²) < 4.78 is 4.94. The van der Waals surface area contributed by atoms with E-state index in [0.717, 1.165) is 19.4 Å². The summed E-state index contributed by atoms with van der Waals surface area (Å²) in [5.41, 5.74) is 0. The number of ether oxygens (including phenoxy) is 1. The molecule has 0 aromatic rings. The molecule has 2 heteroatoms. The summed E-state index contributed by atoms with van der Waals surface area (Å²) in [5, 5.41) is 8.54. The fourth-order valence-corrected chi connectivity index (χ4v) is 0.824. The lowest BCUT2D eigenvalue weighted by Gasteiger charge is -2.10. The molecule has 0 rings (SSSR count). The van der Waals surface area contributed by atoms with Gasteiger partial charge in [-0.15, -0.1) is 0 Å². The van der Waals surface area contributed by atoms with Crippen LogP contribution in [0, 0.1) is 5.92 Å². The van der Waals surface area contributed by atoms with Crippen LogP contribution < -0.4 is 0 Å². The van der Waals surface area contributed by atoms with E-state index in [1.165, 1.54) is 0 Å². The van der Waals surface area contributed by atoms with E-state index in [2.05, 4.69) is 6.92 Å². The van der Waals surface area contributed by atoms with Crippen molar-refractivity contribution < 1.29 is 9.84 Å². The van der Waals surface area contributed by atoms with E-state index in [0.29, 0.717) is 5.92 Å². The molecule has 0 aromatic heterocycles. The smallest absolute Gasteiger partial charge is 0.0491 e. The first-order valence-electron chi connectivity index (χ1n) is 3.45. The van der Waals surface area contributed by atoms with E-state index < -0.39 is 0 Å². The zero-order valence-electron chi connectivity index (χ0n) is 6.26. The maximum atomic E-state index is 8.54. The van der Waals surface area contributed by atoms with Crippen LogP contribution in [0.25, 0.3) is 0 Å². The van der Waals surface area contributed by atoms with Crippen molar-refractivity contribution in [2.24, 2.45) is 5.92 Å². The Morgan fingerprint density at radius 1 is 1.56 bits per heavy atom. The third-order valence-corrected chi connectivity index (χ3v) is 1.52. The van der Waals surface area contributed by atoms with Gasteiger partial charge in [-0.3, -0.25) is 0 Å². The summed E-state index contributed by atoms with van der Waals surface area (Å²) >= 11 is 0. The molecule has 1 atom stereocenters. The van der Waals surface area contributed by atoms with Gasteiger partial charge in [-0.2, -0.15) is 0 Å². The lowest BCUT2D eigenvalue weighted by atomic mass is 10.0. The van der Waals surface area contributed by atoms with Gasteiger partial charge in [-0.05, 0) is 12.3 Å². The average molecular weight is 132 g/mol. The first-order chi connectivity index (χ1) is 4.35. The Morgan fingerprint density at radius 3 is 2.56 bits per heavy atom. The van der Waals surface area contributed by atoms with E-state index in [-0.39, 0.29) is 6.61 Å². The van der Waals surface area contributed by atoms with Crippen molar-refractivity contribution >= 4 is 0 Å². The third-order valence-electron chi connectivity index (χ3n) is 1.52. The van der Waals surface area contributed by atoms with E-state index in [4.69, 9.17) is 9.84 Å². The van der Waals surface area contributed by atoms with Crippen molar-refractivity contribution in [1.82, 2.24) is 0 Å². The quantitative estimate of drug-likeness (QED) is 0.605. The van der Waals surface area contributed by atoms with Crippen LogP contribution in [0.1, 0.15) is 19.8 Å². The molecule has 9 heavy (non-hydrogen) atoms. The Hall–Kier alpha value is -0.0800. The lowest BCUT2D eigenvalue weighted by molar-refractivity contribution is 0.131. The maximum absolute atomic E-state index is 8.54. The van der Waals surface area contributed by atoms with Crippen LogP contribution in [0.2, 0.25) is 0 Å². The first-order valence-corrected chi connectivity index (χ1v) is 3.45. The Kier molecular flexibility index (Phi) is 5.99. The van der Waals surface area contributed by atoms with Crippen LogP contribution in [0.5, 0.6) is 0 Å². The Balaban J connectivity index is 3.18. The highest BCUT2D eigenvalue weighted by Crippen LogP contribution is 2.06. The maximum Gasteiger partial charge on any atom is 0.0491 e. The largest absolute Gasteiger partial charge is 0.396 e. The standard InChI is InChI=1S/C7H16O2/c1-3-7(4-5-8)6-9-2/h7-8H,3-6H2,1-2H3/t7-/m1/s1. The van der Waals surface area contributed by atoms with Crippen molar-refractivity contribution in [1.29, 1.82) is 0 Å². The predicted octanol–water partition coefficient (Wildman–Crippen LogP) is 1.04. The van der Waals surface area contributed by atoms with Crippen LogP contribution >= 0.6 is 0 Å². The van der Waals surface area contributed by atoms with E-state index in [1.54, 1.807) is 7.11 Å². The van der Waals surface area contributed by atoms with E-state index in [9.17, 15) is 0 Å². The van der Waals surface area contributed by atoms with Gasteiger partial charge in [0.05, 0.1) is 0 Å². The van der Waals surface area contributed by atoms with Gasteiger partial charge in [0.1, 0.15) is 0 Å². The molecule has 0 saturated heterocycles. The van der Waals surface area contributed by atoms with Gasteiger partial charge in [-0.25, -0.2) is 0 Å². The van der Waals surface area contributed by atoms with Crippen molar-refractivity contribution in [2.75, 3.05) is 20.3 Å². The Labute approximate surface area is 56.8 Å². The normalized spacial score (nSPS) is 13.7. The van der Waals surface area contributed by atoms with Gasteiger partial charge < -0.3 is 9.84 Å². The molecule has 1 N–H and O–H groups in total. The van der Waals surface area contributed by atoms with E-state index in [1.807, 2.05) is 0 Å². The second-order valence-electron chi connectivity index (χ2n) is 2.24. The summed E-state index contributed by atoms with van der Waals surface area (Å²) in [6.45, 7) is 3.16. The van der Waals surface area contributed by atoms with Crippen molar-refractivity contribution in [3.05, 3.63) is 0 Å². The Bertz CT molecular complexity index is 48.9. The fourth-order valence-electron chi connectivity index (χ4n) is 0.824. The average Bonchev–Trinajstić information content (AvgIpc) is 1.88. The molecule has 0 aliphatic carbocycles. The van der Waals surface area contributed by atoms with Crippen LogP contribution in [-0.2, 0) is 4.74 Å². The molecule has 0 fully saturated rings. The molecule has 0 aliphatic rings. The van der Waals surface area contributed by atoms with Gasteiger partial charge >= 0.3 is 0 Å². The summed E-state index contributed by atoms with van der Waals surface area (Å²) in [4.78, 5) is 0. The zero-order valence-corrected chi connectivity index (χ0v) is 6.26. The molecule has 0 heterocycles. The third kappa shape index (κ3) is 4.43. The molecule has 0 unspecified atom stereocenters. The van der Waals surface area contributed by atoms with Gasteiger partial charge in [0, 0.05) is 20.3 Å². The molecular weight excluding hydrogens is 116 g/mol. The number of rotatable bonds is 5. The minimum absolute atomic E-state index is 0.280. The second kappa shape index (κ2) is 6.05. The van der Waals surface area contributed by atoms with Crippen molar-refractivity contribution in [3.8, 4) is 0 Å². The van der Waals surface area contributed by atoms with Gasteiger partial charge in [0.25, 0.3) is 0 Å². The summed E-state index contributed by atoms with van der Waals surface area (Å²) in [5.74, 6) is 0.542. The number of hydrogen-bond donors (Lipinski definition) is 1. The topological polar surface area (TPSA) is 29.5 Å². The summed E-state index contributed by atoms with van der Waals surface area (Å²) in [6, 6.07) is 0. The molecule has 56 valence electrons. The molecule has 0 spiro atoms. The predicted molar refractivity (Wildman–Crippen MR) is 37.4 cm³/mol. The molecule has 0 bridgehead atoms. The highest BCUT2D eigenvalue weighted by atomic mass is 16.5. The lowest BCUT2D eigenvalue weighted by Crippen LogP contribution is -2.08. The number of hydrogen-bond acceptors (Lipinski definition) is 2. The van der Waals surface area contributed by atoms with Crippen LogP contribution in [0.15, 0.2) is 0 Å². The van der Waals surface area contributed by atoms with Crippen LogP contribution in [-0.4, -0.2) is 25.4 Å². The molecule has 2 nitrogen and oxygen atoms in total. The number of methoxy groups -OCH3 is 1. The molecule has 0 aromatic carbocycles. The van der Waals surface area contributed by atoms with Crippen LogP contribution in [0.4, 0.5) is 0 Å². The SMILES string of the molecule is CC[C@H](CCO)COC. The highest BCUT2D eigenvalue weighted by molar-refractivity contribution is 4.53. The monoisotopic (exact) mass is 132 g/mol. The van der Waals surface area contributed by atoms with Gasteiger partial charge in [0.15, 0.2) is 0 Å². The number of aliphatic hydroxyl groups excluding tert-OH is 1. The second-order valence-corrected chi connectivity index (χ2v) is 2.24. The fraction of sp³-hybridized carbons (Fsp3) is 1.00. The first kappa shape index (κ1) is 8.92. The highest BCUT2D eigenvalue weighted by Gasteiger charge is 2.02. The van der Waals surface area contributed by atoms with Crippen molar-refractivity contribution in [2.45, 2.75) is 19.8 Å². The zero-order chi connectivity index (χ0) is 7.11. The van der Waals surface area contributed by atoms with Gasteiger partial charge in [0.2, 0.25) is 0 Å². The van der Waals surface area contributed by atoms with Gasteiger partial charge in [-0.1, -0.05) is 13.3 Å². The Morgan fingerprint density at radius 2 is 2.22 bits per heavy atom. The molecule has 0 aliphatic heterocycles. The molecular formula is C7H16O2. The van der Waals surface area contributed by atoms with Crippen LogP contribution in [0.3, 0.4) is 0 Å². The summed E-state index contributed by atoms with van der Waals surface area (Å²) in [7, 11) is 1.69. The minimum atomic E-state index is 0.280. The molecule has 0 amide bonds. The molecule has 0 saturated carbocycles. The minimum Gasteiger partial charge on any atom is -0.396 e. The summed E-state index contributed by atoms with van der Waals surface area (Å²) in [6.07, 6.45) is 1.96. The number of aliphatic hydroxyl groups is 1.